The Balaban J connectivity index is 1.87. The van der Waals surface area contributed by atoms with Gasteiger partial charge in [0.25, 0.3) is 0 Å². The molecule has 4 rings (SSSR count). The lowest BCUT2D eigenvalue weighted by Crippen LogP contribution is -1.95. The minimum atomic E-state index is 0.669. The number of benzene rings is 2. The molecule has 0 saturated heterocycles. The molecule has 0 amide bonds. The Morgan fingerprint density at radius 3 is 2.40 bits per heavy atom. The predicted octanol–water partition coefficient (Wildman–Crippen LogP) is 4.18. The number of aryl methyl sites for hydroxylation is 1. The van der Waals surface area contributed by atoms with E-state index in [0.29, 0.717) is 11.5 Å². The average Bonchev–Trinajstić information content (AvgIpc) is 3.01. The van der Waals surface area contributed by atoms with Crippen molar-refractivity contribution >= 4 is 33.4 Å². The number of anilines is 2. The number of fused-ring (bicyclic) bond motifs is 3. The molecule has 2 heterocycles. The Morgan fingerprint density at radius 2 is 1.68 bits per heavy atom. The molecule has 0 bridgehead atoms. The van der Waals surface area contributed by atoms with E-state index in [-0.39, 0.29) is 0 Å². The van der Waals surface area contributed by atoms with Gasteiger partial charge in [-0.15, -0.1) is 0 Å². The third-order valence-electron chi connectivity index (χ3n) is 4.20. The van der Waals surface area contributed by atoms with Crippen molar-refractivity contribution in [1.29, 1.82) is 0 Å². The maximum Gasteiger partial charge on any atom is 0.162 e. The lowest BCUT2D eigenvalue weighted by Gasteiger charge is -2.07. The molecule has 2 aromatic heterocycles. The molecule has 0 unspecified atom stereocenters. The third kappa shape index (κ3) is 2.61. The van der Waals surface area contributed by atoms with Crippen molar-refractivity contribution in [3.05, 3.63) is 48.3 Å². The highest BCUT2D eigenvalue weighted by Gasteiger charge is 2.14. The Morgan fingerprint density at radius 1 is 0.960 bits per heavy atom. The zero-order valence-corrected chi connectivity index (χ0v) is 14.3. The van der Waals surface area contributed by atoms with Crippen LogP contribution >= 0.6 is 0 Å². The molecule has 126 valence electrons. The zero-order chi connectivity index (χ0) is 17.4. The second-order valence-electron chi connectivity index (χ2n) is 5.81. The molecule has 0 radical (unpaired) electrons. The maximum atomic E-state index is 5.40. The first-order valence-electron chi connectivity index (χ1n) is 7.91. The highest BCUT2D eigenvalue weighted by molar-refractivity contribution is 6.09. The quantitative estimate of drug-likeness (QED) is 0.586. The van der Waals surface area contributed by atoms with E-state index in [1.54, 1.807) is 20.5 Å². The molecule has 0 spiro atoms. The second-order valence-corrected chi connectivity index (χ2v) is 5.81. The number of aromatic nitrogens is 3. The van der Waals surface area contributed by atoms with Crippen LogP contribution < -0.4 is 14.8 Å². The fraction of sp³-hybridized carbons (Fsp3) is 0.158. The van der Waals surface area contributed by atoms with Gasteiger partial charge in [0.05, 0.1) is 19.7 Å². The van der Waals surface area contributed by atoms with Crippen molar-refractivity contribution in [3.8, 4) is 11.5 Å². The van der Waals surface area contributed by atoms with Crippen molar-refractivity contribution in [1.82, 2.24) is 15.0 Å². The van der Waals surface area contributed by atoms with E-state index in [1.165, 1.54) is 5.56 Å². The van der Waals surface area contributed by atoms with Gasteiger partial charge in [-0.25, -0.2) is 9.97 Å². The minimum absolute atomic E-state index is 0.669. The summed E-state index contributed by atoms with van der Waals surface area (Å²) in [7, 11) is 3.24. The highest BCUT2D eigenvalue weighted by atomic mass is 16.5. The normalized spacial score (nSPS) is 11.0. The Hall–Kier alpha value is -3.28. The number of ether oxygens (including phenoxy) is 2. The molecule has 6 nitrogen and oxygen atoms in total. The zero-order valence-electron chi connectivity index (χ0n) is 14.3. The number of methoxy groups -OCH3 is 2. The first-order chi connectivity index (χ1) is 12.2. The van der Waals surface area contributed by atoms with Crippen molar-refractivity contribution in [2.75, 3.05) is 19.5 Å². The number of nitrogens with one attached hydrogen (secondary N) is 2. The molecule has 6 heteroatoms. The summed E-state index contributed by atoms with van der Waals surface area (Å²) in [5, 5.41) is 4.31. The summed E-state index contributed by atoms with van der Waals surface area (Å²) in [6, 6.07) is 12.0. The van der Waals surface area contributed by atoms with Gasteiger partial charge in [0.2, 0.25) is 0 Å². The topological polar surface area (TPSA) is 72.1 Å². The first kappa shape index (κ1) is 15.3. The van der Waals surface area contributed by atoms with E-state index in [9.17, 15) is 0 Å². The van der Waals surface area contributed by atoms with Gasteiger partial charge in [0.1, 0.15) is 17.4 Å². The molecule has 2 N–H and O–H groups in total. The summed E-state index contributed by atoms with van der Waals surface area (Å²) in [4.78, 5) is 12.2. The van der Waals surface area contributed by atoms with Gasteiger partial charge < -0.3 is 19.8 Å². The summed E-state index contributed by atoms with van der Waals surface area (Å²) in [6.07, 6.45) is 1.56. The van der Waals surface area contributed by atoms with Crippen LogP contribution in [0.4, 0.5) is 11.5 Å². The summed E-state index contributed by atoms with van der Waals surface area (Å²) in [5.74, 6) is 2.06. The van der Waals surface area contributed by atoms with E-state index in [2.05, 4.69) is 39.3 Å². The number of H-pyrrole nitrogens is 1. The molecule has 0 aliphatic carbocycles. The molecule has 0 aliphatic heterocycles. The molecule has 2 aromatic carbocycles. The van der Waals surface area contributed by atoms with Crippen LogP contribution in [-0.2, 0) is 0 Å². The molecule has 0 fully saturated rings. The smallest absolute Gasteiger partial charge is 0.162 e. The first-order valence-corrected chi connectivity index (χ1v) is 7.91. The van der Waals surface area contributed by atoms with Crippen LogP contribution in [0.2, 0.25) is 0 Å². The lowest BCUT2D eigenvalue weighted by molar-refractivity contribution is 0.356. The minimum Gasteiger partial charge on any atom is -0.493 e. The molecular formula is C19H18N4O2. The van der Waals surface area contributed by atoms with Crippen LogP contribution in [0.15, 0.2) is 42.7 Å². The summed E-state index contributed by atoms with van der Waals surface area (Å²) in [6.45, 7) is 2.06. The van der Waals surface area contributed by atoms with Crippen molar-refractivity contribution in [2.24, 2.45) is 0 Å². The number of nitrogens with zero attached hydrogens (tertiary/aromatic N) is 2. The number of hydrogen-bond donors (Lipinski definition) is 2. The van der Waals surface area contributed by atoms with Crippen LogP contribution in [0.3, 0.4) is 0 Å². The molecule has 0 aliphatic rings. The third-order valence-corrected chi connectivity index (χ3v) is 4.20. The summed E-state index contributed by atoms with van der Waals surface area (Å²) >= 11 is 0. The van der Waals surface area contributed by atoms with Gasteiger partial charge >= 0.3 is 0 Å². The second kappa shape index (κ2) is 5.98. The number of hydrogen-bond acceptors (Lipinski definition) is 5. The van der Waals surface area contributed by atoms with Crippen LogP contribution in [0.5, 0.6) is 11.5 Å². The van der Waals surface area contributed by atoms with Crippen LogP contribution in [-0.4, -0.2) is 29.2 Å². The Kier molecular flexibility index (Phi) is 3.65. The maximum absolute atomic E-state index is 5.40. The Bertz CT molecular complexity index is 1050. The monoisotopic (exact) mass is 334 g/mol. The fourth-order valence-corrected chi connectivity index (χ4v) is 2.89. The van der Waals surface area contributed by atoms with Crippen LogP contribution in [0, 0.1) is 6.92 Å². The summed E-state index contributed by atoms with van der Waals surface area (Å²) in [5.41, 5.74) is 4.77. The largest absolute Gasteiger partial charge is 0.493 e. The summed E-state index contributed by atoms with van der Waals surface area (Å²) < 4.78 is 10.8. The van der Waals surface area contributed by atoms with Crippen molar-refractivity contribution < 1.29 is 9.47 Å². The van der Waals surface area contributed by atoms with Gasteiger partial charge in [-0.2, -0.15) is 0 Å². The highest BCUT2D eigenvalue weighted by Crippen LogP contribution is 2.36. The fourth-order valence-electron chi connectivity index (χ4n) is 2.89. The van der Waals surface area contributed by atoms with Gasteiger partial charge in [0, 0.05) is 17.1 Å². The van der Waals surface area contributed by atoms with Gasteiger partial charge in [0.15, 0.2) is 17.3 Å². The predicted molar refractivity (Wildman–Crippen MR) is 99.0 cm³/mol. The van der Waals surface area contributed by atoms with Crippen molar-refractivity contribution in [2.45, 2.75) is 6.92 Å². The molecule has 4 aromatic rings. The number of aromatic amines is 1. The van der Waals surface area contributed by atoms with Gasteiger partial charge in [-0.3, -0.25) is 0 Å². The van der Waals surface area contributed by atoms with Crippen LogP contribution in [0.25, 0.3) is 21.9 Å². The Labute approximate surface area is 144 Å². The SMILES string of the molecule is COc1cc2[nH]c3c(Nc4ccc(C)cc4)ncnc3c2cc1OC. The van der Waals surface area contributed by atoms with E-state index in [4.69, 9.17) is 9.47 Å². The molecule has 25 heavy (non-hydrogen) atoms. The van der Waals surface area contributed by atoms with E-state index >= 15 is 0 Å². The van der Waals surface area contributed by atoms with Gasteiger partial charge in [-0.1, -0.05) is 17.7 Å². The molecular weight excluding hydrogens is 316 g/mol. The number of rotatable bonds is 4. The average molecular weight is 334 g/mol. The van der Waals surface area contributed by atoms with Gasteiger partial charge in [-0.05, 0) is 25.1 Å². The van der Waals surface area contributed by atoms with Crippen LogP contribution in [0.1, 0.15) is 5.56 Å². The lowest BCUT2D eigenvalue weighted by atomic mass is 10.2. The van der Waals surface area contributed by atoms with Crippen molar-refractivity contribution in [3.63, 3.8) is 0 Å². The van der Waals surface area contributed by atoms with E-state index in [1.807, 2.05) is 24.3 Å². The van der Waals surface area contributed by atoms with E-state index < -0.39 is 0 Å². The van der Waals surface area contributed by atoms with E-state index in [0.717, 1.165) is 33.4 Å². The molecule has 0 saturated carbocycles. The molecule has 0 atom stereocenters. The standard InChI is InChI=1S/C19H18N4O2/c1-11-4-6-12(7-5-11)22-19-18-17(20-10-21-19)13-8-15(24-2)16(25-3)9-14(13)23-18/h4-10,23H,1-3H3,(H,20,21,22).